The van der Waals surface area contributed by atoms with Gasteiger partial charge in [0.1, 0.15) is 0 Å². The van der Waals surface area contributed by atoms with Crippen molar-refractivity contribution >= 4 is 10.1 Å². The second-order valence-corrected chi connectivity index (χ2v) is 5.30. The summed E-state index contributed by atoms with van der Waals surface area (Å²) in [4.78, 5) is 0. The molecule has 0 spiro atoms. The number of rotatable bonds is 7. The van der Waals surface area contributed by atoms with Crippen LogP contribution in [0.15, 0.2) is 0 Å². The van der Waals surface area contributed by atoms with E-state index in [1.165, 1.54) is 0 Å². The molecule has 0 aromatic rings. The van der Waals surface area contributed by atoms with E-state index in [0.717, 1.165) is 0 Å². The van der Waals surface area contributed by atoms with Crippen LogP contribution in [0, 0.1) is 5.41 Å². The quantitative estimate of drug-likeness (QED) is 0.261. The molecule has 0 amide bonds. The van der Waals surface area contributed by atoms with Crippen molar-refractivity contribution in [1.29, 1.82) is 0 Å². The maximum Gasteiger partial charge on any atom is 0.283 e. The lowest BCUT2D eigenvalue weighted by Gasteiger charge is -2.30. The fourth-order valence-corrected chi connectivity index (χ4v) is 1.60. The molecule has 0 heterocycles. The molecule has 0 saturated carbocycles. The summed E-state index contributed by atoms with van der Waals surface area (Å²) in [5.41, 5.74) is 3.59. The van der Waals surface area contributed by atoms with Crippen molar-refractivity contribution in [1.82, 2.24) is 0 Å². The smallest absolute Gasteiger partial charge is 0.283 e. The highest BCUT2D eigenvalue weighted by atomic mass is 32.2. The lowest BCUT2D eigenvalue weighted by atomic mass is 9.84. The van der Waals surface area contributed by atoms with E-state index in [2.05, 4.69) is 0 Å². The zero-order valence-electron chi connectivity index (χ0n) is 8.52. The van der Waals surface area contributed by atoms with Crippen molar-refractivity contribution in [2.24, 2.45) is 11.1 Å². The highest BCUT2D eigenvalue weighted by molar-refractivity contribution is 7.86. The van der Waals surface area contributed by atoms with E-state index in [0.29, 0.717) is 0 Å². The molecule has 0 saturated heterocycles. The standard InChI is InChI=1S/C7H17NO7S/c8-6(16(13,14)15)5(12)1-7(2-9,3-10)4-11/h5-6,9-12H,1-4,8H2,(H,13,14,15). The Hall–Kier alpha value is -0.290. The van der Waals surface area contributed by atoms with Gasteiger partial charge in [-0.05, 0) is 6.42 Å². The zero-order chi connectivity index (χ0) is 13.0. The molecule has 2 atom stereocenters. The van der Waals surface area contributed by atoms with Crippen molar-refractivity contribution in [3.8, 4) is 0 Å². The van der Waals surface area contributed by atoms with E-state index in [1.54, 1.807) is 0 Å². The van der Waals surface area contributed by atoms with E-state index in [1.807, 2.05) is 0 Å². The minimum Gasteiger partial charge on any atom is -0.396 e. The van der Waals surface area contributed by atoms with E-state index in [4.69, 9.17) is 25.6 Å². The van der Waals surface area contributed by atoms with E-state index in [9.17, 15) is 13.5 Å². The van der Waals surface area contributed by atoms with Gasteiger partial charge in [0, 0.05) is 5.41 Å². The van der Waals surface area contributed by atoms with Crippen LogP contribution in [0.3, 0.4) is 0 Å². The Kier molecular flexibility index (Phi) is 5.76. The third-order valence-corrected chi connectivity index (χ3v) is 3.37. The molecule has 0 aromatic heterocycles. The maximum absolute atomic E-state index is 10.6. The van der Waals surface area contributed by atoms with Crippen LogP contribution in [0.25, 0.3) is 0 Å². The van der Waals surface area contributed by atoms with Crippen LogP contribution >= 0.6 is 0 Å². The van der Waals surface area contributed by atoms with Crippen molar-refractivity contribution in [2.75, 3.05) is 19.8 Å². The Labute approximate surface area is 93.1 Å². The minimum absolute atomic E-state index is 0.461. The van der Waals surface area contributed by atoms with E-state index in [-0.39, 0.29) is 0 Å². The highest BCUT2D eigenvalue weighted by Gasteiger charge is 2.36. The molecule has 0 aliphatic heterocycles. The normalized spacial score (nSPS) is 17.1. The van der Waals surface area contributed by atoms with Crippen molar-refractivity contribution in [2.45, 2.75) is 17.9 Å². The summed E-state index contributed by atoms with van der Waals surface area (Å²) >= 11 is 0. The monoisotopic (exact) mass is 259 g/mol. The van der Waals surface area contributed by atoms with Gasteiger partial charge in [-0.3, -0.25) is 4.55 Å². The van der Waals surface area contributed by atoms with Crippen molar-refractivity contribution in [3.05, 3.63) is 0 Å². The fourth-order valence-electron chi connectivity index (χ4n) is 1.10. The summed E-state index contributed by atoms with van der Waals surface area (Å²) in [6.45, 7) is -1.97. The average molecular weight is 259 g/mol. The Morgan fingerprint density at radius 1 is 1.12 bits per heavy atom. The van der Waals surface area contributed by atoms with Crippen LogP contribution in [-0.4, -0.2) is 64.7 Å². The fraction of sp³-hybridized carbons (Fsp3) is 1.00. The molecule has 7 N–H and O–H groups in total. The zero-order valence-corrected chi connectivity index (χ0v) is 9.34. The molecule has 8 nitrogen and oxygen atoms in total. The molecular formula is C7H17NO7S. The molecule has 0 radical (unpaired) electrons. The second kappa shape index (κ2) is 5.87. The lowest BCUT2D eigenvalue weighted by Crippen LogP contribution is -2.47. The number of hydrogen-bond donors (Lipinski definition) is 6. The minimum atomic E-state index is -4.62. The third-order valence-electron chi connectivity index (χ3n) is 2.37. The Balaban J connectivity index is 4.71. The first-order valence-electron chi connectivity index (χ1n) is 4.45. The summed E-state index contributed by atoms with van der Waals surface area (Å²) in [7, 11) is -4.62. The van der Waals surface area contributed by atoms with Crippen LogP contribution in [-0.2, 0) is 10.1 Å². The number of aliphatic hydroxyl groups excluding tert-OH is 4. The summed E-state index contributed by atoms with van der Waals surface area (Å²) in [5, 5.41) is 34.2. The van der Waals surface area contributed by atoms with Crippen LogP contribution in [0.5, 0.6) is 0 Å². The Bertz CT molecular complexity index is 292. The first-order valence-corrected chi connectivity index (χ1v) is 5.95. The molecule has 0 aliphatic carbocycles. The topological polar surface area (TPSA) is 161 Å². The lowest BCUT2D eigenvalue weighted by molar-refractivity contribution is -0.0308. The van der Waals surface area contributed by atoms with Gasteiger partial charge in [-0.25, -0.2) is 0 Å². The predicted molar refractivity (Wildman–Crippen MR) is 53.8 cm³/mol. The summed E-state index contributed by atoms with van der Waals surface area (Å²) in [6.07, 6.45) is -2.17. The van der Waals surface area contributed by atoms with Gasteiger partial charge in [-0.1, -0.05) is 0 Å². The van der Waals surface area contributed by atoms with Gasteiger partial charge in [0.25, 0.3) is 10.1 Å². The van der Waals surface area contributed by atoms with Crippen LogP contribution in [0.1, 0.15) is 6.42 Å². The molecule has 0 fully saturated rings. The van der Waals surface area contributed by atoms with Gasteiger partial charge >= 0.3 is 0 Å². The summed E-state index contributed by atoms with van der Waals surface area (Å²) < 4.78 is 29.8. The molecule has 9 heteroatoms. The largest absolute Gasteiger partial charge is 0.396 e. The van der Waals surface area contributed by atoms with Gasteiger partial charge < -0.3 is 26.2 Å². The number of hydrogen-bond acceptors (Lipinski definition) is 7. The Morgan fingerprint density at radius 2 is 1.50 bits per heavy atom. The van der Waals surface area contributed by atoms with Crippen LogP contribution in [0.2, 0.25) is 0 Å². The number of aliphatic hydroxyl groups is 4. The molecular weight excluding hydrogens is 242 g/mol. The molecule has 0 bridgehead atoms. The second-order valence-electron chi connectivity index (χ2n) is 3.73. The highest BCUT2D eigenvalue weighted by Crippen LogP contribution is 2.23. The van der Waals surface area contributed by atoms with Crippen LogP contribution in [0.4, 0.5) is 0 Å². The summed E-state index contributed by atoms with van der Waals surface area (Å²) in [6, 6.07) is 0. The molecule has 0 rings (SSSR count). The maximum atomic E-state index is 10.6. The van der Waals surface area contributed by atoms with Gasteiger partial charge in [-0.15, -0.1) is 0 Å². The molecule has 0 aromatic carbocycles. The first-order chi connectivity index (χ1) is 7.22. The third kappa shape index (κ3) is 3.94. The molecule has 0 aliphatic rings. The van der Waals surface area contributed by atoms with E-state index < -0.39 is 53.3 Å². The van der Waals surface area contributed by atoms with Gasteiger partial charge in [0.05, 0.1) is 25.9 Å². The molecule has 16 heavy (non-hydrogen) atoms. The first kappa shape index (κ1) is 15.7. The Morgan fingerprint density at radius 3 is 1.75 bits per heavy atom. The SMILES string of the molecule is NC(C(O)CC(CO)(CO)CO)S(=O)(=O)O. The van der Waals surface area contributed by atoms with Gasteiger partial charge in [0.15, 0.2) is 5.37 Å². The molecule has 2 unspecified atom stereocenters. The van der Waals surface area contributed by atoms with Gasteiger partial charge in [0.2, 0.25) is 0 Å². The molecule has 98 valence electrons. The summed E-state index contributed by atoms with van der Waals surface area (Å²) in [5.74, 6) is 0. The average Bonchev–Trinajstić information content (AvgIpc) is 2.23. The van der Waals surface area contributed by atoms with Crippen molar-refractivity contribution < 1.29 is 33.4 Å². The van der Waals surface area contributed by atoms with Crippen molar-refractivity contribution in [3.63, 3.8) is 0 Å². The van der Waals surface area contributed by atoms with Gasteiger partial charge in [-0.2, -0.15) is 8.42 Å². The number of nitrogens with two attached hydrogens (primary N) is 1. The van der Waals surface area contributed by atoms with Crippen LogP contribution < -0.4 is 5.73 Å². The predicted octanol–water partition coefficient (Wildman–Crippen LogP) is -3.13. The van der Waals surface area contributed by atoms with E-state index >= 15 is 0 Å².